The third kappa shape index (κ3) is 3.69. The first-order chi connectivity index (χ1) is 8.45. The molecular weight excluding hydrogens is 248 g/mol. The van der Waals surface area contributed by atoms with Crippen molar-refractivity contribution >= 4 is 10.0 Å². The van der Waals surface area contributed by atoms with Crippen molar-refractivity contribution in [1.29, 1.82) is 5.26 Å². The molecule has 0 amide bonds. The van der Waals surface area contributed by atoms with Crippen molar-refractivity contribution in [2.45, 2.75) is 57.4 Å². The topological polar surface area (TPSA) is 70.0 Å². The number of nitrogens with zero attached hydrogens (tertiary/aromatic N) is 1. The van der Waals surface area contributed by atoms with Gasteiger partial charge in [0.25, 0.3) is 0 Å². The monoisotopic (exact) mass is 270 g/mol. The van der Waals surface area contributed by atoms with E-state index < -0.39 is 15.6 Å². The highest BCUT2D eigenvalue weighted by molar-refractivity contribution is 7.89. The maximum Gasteiger partial charge on any atom is 0.212 e. The van der Waals surface area contributed by atoms with Crippen molar-refractivity contribution < 1.29 is 8.42 Å². The molecule has 2 aliphatic rings. The van der Waals surface area contributed by atoms with Crippen LogP contribution in [0.3, 0.4) is 0 Å². The van der Waals surface area contributed by atoms with Crippen LogP contribution in [0.5, 0.6) is 0 Å². The largest absolute Gasteiger partial charge is 0.212 e. The van der Waals surface area contributed by atoms with Gasteiger partial charge in [-0.3, -0.25) is 0 Å². The van der Waals surface area contributed by atoms with Crippen LogP contribution in [0, 0.1) is 23.2 Å². The van der Waals surface area contributed by atoms with Gasteiger partial charge in [0.2, 0.25) is 10.0 Å². The molecule has 0 heterocycles. The Bertz CT molecular complexity index is 436. The van der Waals surface area contributed by atoms with Gasteiger partial charge in [0.1, 0.15) is 5.54 Å². The van der Waals surface area contributed by atoms with Gasteiger partial charge in [0.15, 0.2) is 0 Å². The fourth-order valence-corrected chi connectivity index (χ4v) is 4.42. The van der Waals surface area contributed by atoms with Crippen LogP contribution in [0.15, 0.2) is 0 Å². The Morgan fingerprint density at radius 2 is 2.11 bits per heavy atom. The summed E-state index contributed by atoms with van der Waals surface area (Å²) in [5, 5.41) is 9.34. The standard InChI is InChI=1S/C13H22N2O2S/c1-11-3-2-7-13(9-11,10-14)15-18(16,17)8-6-12-4-5-12/h11-12,15H,2-9H2,1H3. The second-order valence-corrected chi connectivity index (χ2v) is 7.89. The first kappa shape index (κ1) is 13.8. The van der Waals surface area contributed by atoms with Crippen molar-refractivity contribution in [3.05, 3.63) is 0 Å². The summed E-state index contributed by atoms with van der Waals surface area (Å²) in [5.74, 6) is 1.20. The molecule has 5 heteroatoms. The zero-order valence-corrected chi connectivity index (χ0v) is 11.8. The highest BCUT2D eigenvalue weighted by Crippen LogP contribution is 2.34. The molecule has 0 aromatic carbocycles. The smallest absolute Gasteiger partial charge is 0.212 e. The molecular formula is C13H22N2O2S. The van der Waals surface area contributed by atoms with Crippen molar-refractivity contribution in [3.8, 4) is 6.07 Å². The number of nitriles is 1. The van der Waals surface area contributed by atoms with E-state index in [4.69, 9.17) is 0 Å². The van der Waals surface area contributed by atoms with Crippen LogP contribution < -0.4 is 4.72 Å². The van der Waals surface area contributed by atoms with E-state index in [-0.39, 0.29) is 5.75 Å². The average Bonchev–Trinajstić information content (AvgIpc) is 3.10. The molecule has 0 aromatic heterocycles. The minimum absolute atomic E-state index is 0.176. The maximum absolute atomic E-state index is 12.0. The first-order valence-corrected chi connectivity index (χ1v) is 8.53. The van der Waals surface area contributed by atoms with E-state index in [1.807, 2.05) is 0 Å². The lowest BCUT2D eigenvalue weighted by Crippen LogP contribution is -2.50. The first-order valence-electron chi connectivity index (χ1n) is 6.88. The molecule has 0 saturated heterocycles. The van der Waals surface area contributed by atoms with E-state index in [0.717, 1.165) is 32.1 Å². The van der Waals surface area contributed by atoms with Gasteiger partial charge >= 0.3 is 0 Å². The maximum atomic E-state index is 12.0. The molecule has 1 N–H and O–H groups in total. The molecule has 0 aliphatic heterocycles. The Balaban J connectivity index is 1.97. The Morgan fingerprint density at radius 3 is 2.67 bits per heavy atom. The summed E-state index contributed by atoms with van der Waals surface area (Å²) < 4.78 is 26.8. The van der Waals surface area contributed by atoms with Crippen LogP contribution in [0.2, 0.25) is 0 Å². The fourth-order valence-electron chi connectivity index (χ4n) is 2.85. The van der Waals surface area contributed by atoms with Crippen molar-refractivity contribution in [3.63, 3.8) is 0 Å². The lowest BCUT2D eigenvalue weighted by atomic mass is 9.78. The quantitative estimate of drug-likeness (QED) is 0.832. The fraction of sp³-hybridized carbons (Fsp3) is 0.923. The Kier molecular flexibility index (Phi) is 3.98. The third-order valence-corrected chi connectivity index (χ3v) is 5.53. The Morgan fingerprint density at radius 1 is 1.39 bits per heavy atom. The molecule has 2 aliphatic carbocycles. The summed E-state index contributed by atoms with van der Waals surface area (Å²) in [6.07, 6.45) is 6.38. The van der Waals surface area contributed by atoms with Gasteiger partial charge in [-0.25, -0.2) is 8.42 Å². The third-order valence-electron chi connectivity index (χ3n) is 4.05. The predicted octanol–water partition coefficient (Wildman–Crippen LogP) is 2.18. The number of hydrogen-bond acceptors (Lipinski definition) is 3. The lowest BCUT2D eigenvalue weighted by molar-refractivity contribution is 0.270. The number of hydrogen-bond donors (Lipinski definition) is 1. The minimum atomic E-state index is -3.30. The second-order valence-electron chi connectivity index (χ2n) is 6.05. The molecule has 2 saturated carbocycles. The van der Waals surface area contributed by atoms with E-state index in [0.29, 0.717) is 24.7 Å². The molecule has 0 aromatic rings. The van der Waals surface area contributed by atoms with Crippen LogP contribution in [0.25, 0.3) is 0 Å². The zero-order valence-electron chi connectivity index (χ0n) is 11.0. The number of sulfonamides is 1. The van der Waals surface area contributed by atoms with Crippen molar-refractivity contribution in [2.24, 2.45) is 11.8 Å². The van der Waals surface area contributed by atoms with Crippen LogP contribution in [-0.2, 0) is 10.0 Å². The molecule has 2 fully saturated rings. The summed E-state index contributed by atoms with van der Waals surface area (Å²) >= 11 is 0. The molecule has 0 bridgehead atoms. The Labute approximate surface area is 110 Å². The molecule has 0 spiro atoms. The molecule has 0 radical (unpaired) electrons. The second kappa shape index (κ2) is 5.18. The summed E-state index contributed by atoms with van der Waals surface area (Å²) in [4.78, 5) is 0. The van der Waals surface area contributed by atoms with Crippen LogP contribution in [0.4, 0.5) is 0 Å². The molecule has 2 atom stereocenters. The van der Waals surface area contributed by atoms with Crippen LogP contribution in [0.1, 0.15) is 51.9 Å². The van der Waals surface area contributed by atoms with Gasteiger partial charge in [-0.15, -0.1) is 0 Å². The van der Waals surface area contributed by atoms with Crippen LogP contribution in [-0.4, -0.2) is 19.7 Å². The zero-order chi connectivity index (χ0) is 13.2. The molecule has 102 valence electrons. The minimum Gasteiger partial charge on any atom is -0.212 e. The summed E-state index contributed by atoms with van der Waals surface area (Å²) in [7, 11) is -3.30. The molecule has 4 nitrogen and oxygen atoms in total. The highest BCUT2D eigenvalue weighted by Gasteiger charge is 2.38. The number of rotatable bonds is 5. The van der Waals surface area contributed by atoms with E-state index in [1.165, 1.54) is 0 Å². The van der Waals surface area contributed by atoms with Gasteiger partial charge in [0.05, 0.1) is 11.8 Å². The Hall–Kier alpha value is -0.600. The molecule has 2 rings (SSSR count). The van der Waals surface area contributed by atoms with E-state index in [9.17, 15) is 13.7 Å². The van der Waals surface area contributed by atoms with Crippen molar-refractivity contribution in [1.82, 2.24) is 4.72 Å². The summed E-state index contributed by atoms with van der Waals surface area (Å²) in [6, 6.07) is 2.22. The van der Waals surface area contributed by atoms with Gasteiger partial charge in [-0.1, -0.05) is 32.6 Å². The average molecular weight is 270 g/mol. The molecule has 18 heavy (non-hydrogen) atoms. The molecule has 2 unspecified atom stereocenters. The highest BCUT2D eigenvalue weighted by atomic mass is 32.2. The summed E-state index contributed by atoms with van der Waals surface area (Å²) in [6.45, 7) is 2.09. The normalized spacial score (nSPS) is 33.0. The van der Waals surface area contributed by atoms with Gasteiger partial charge in [-0.05, 0) is 31.1 Å². The van der Waals surface area contributed by atoms with Crippen LogP contribution >= 0.6 is 0 Å². The van der Waals surface area contributed by atoms with Crippen molar-refractivity contribution in [2.75, 3.05) is 5.75 Å². The lowest BCUT2D eigenvalue weighted by Gasteiger charge is -2.34. The number of nitrogens with one attached hydrogen (secondary N) is 1. The van der Waals surface area contributed by atoms with E-state index in [1.54, 1.807) is 0 Å². The van der Waals surface area contributed by atoms with Gasteiger partial charge in [0, 0.05) is 0 Å². The van der Waals surface area contributed by atoms with E-state index >= 15 is 0 Å². The predicted molar refractivity (Wildman–Crippen MR) is 70.2 cm³/mol. The van der Waals surface area contributed by atoms with Gasteiger partial charge in [-0.2, -0.15) is 9.98 Å². The van der Waals surface area contributed by atoms with E-state index in [2.05, 4.69) is 17.7 Å². The summed E-state index contributed by atoms with van der Waals surface area (Å²) in [5.41, 5.74) is -0.847. The van der Waals surface area contributed by atoms with Gasteiger partial charge < -0.3 is 0 Å². The SMILES string of the molecule is CC1CCCC(C#N)(NS(=O)(=O)CCC2CC2)C1.